The van der Waals surface area contributed by atoms with Crippen molar-refractivity contribution in [3.8, 4) is 0 Å². The third kappa shape index (κ3) is 7.85. The molecule has 0 unspecified atom stereocenters. The zero-order valence-electron chi connectivity index (χ0n) is 21.5. The van der Waals surface area contributed by atoms with E-state index >= 15 is 0 Å². The Balaban J connectivity index is 2.29. The lowest BCUT2D eigenvalue weighted by molar-refractivity contribution is -0.141. The molecule has 0 radical (unpaired) electrons. The Hall–Kier alpha value is -2.29. The average molecular weight is 557 g/mol. The van der Waals surface area contributed by atoms with Crippen molar-refractivity contribution >= 4 is 50.7 Å². The maximum atomic E-state index is 13.5. The summed E-state index contributed by atoms with van der Waals surface area (Å²) in [4.78, 5) is 27.7. The first-order chi connectivity index (χ1) is 16.9. The first kappa shape index (κ1) is 29.9. The van der Waals surface area contributed by atoms with Gasteiger partial charge in [0.2, 0.25) is 21.8 Å². The van der Waals surface area contributed by atoms with Gasteiger partial charge < -0.3 is 10.2 Å². The van der Waals surface area contributed by atoms with Crippen LogP contribution in [0.25, 0.3) is 0 Å². The summed E-state index contributed by atoms with van der Waals surface area (Å²) in [5.41, 5.74) is 2.92. The van der Waals surface area contributed by atoms with Gasteiger partial charge in [-0.2, -0.15) is 0 Å². The quantitative estimate of drug-likeness (QED) is 0.394. The molecule has 198 valence electrons. The molecule has 36 heavy (non-hydrogen) atoms. The summed E-state index contributed by atoms with van der Waals surface area (Å²) in [6.45, 7) is 8.04. The summed E-state index contributed by atoms with van der Waals surface area (Å²) < 4.78 is 26.5. The molecule has 2 aromatic rings. The Kier molecular flexibility index (Phi) is 11.1. The fraction of sp³-hybridized carbons (Fsp3) is 0.462. The minimum atomic E-state index is -3.57. The van der Waals surface area contributed by atoms with E-state index in [9.17, 15) is 18.0 Å². The number of anilines is 1. The number of halogens is 2. The van der Waals surface area contributed by atoms with Crippen LogP contribution in [0.5, 0.6) is 0 Å². The highest BCUT2D eigenvalue weighted by Crippen LogP contribution is 2.28. The minimum Gasteiger partial charge on any atom is -0.355 e. The minimum absolute atomic E-state index is 0.0505. The van der Waals surface area contributed by atoms with Crippen molar-refractivity contribution in [2.75, 3.05) is 23.7 Å². The number of sulfonamides is 1. The Morgan fingerprint density at radius 3 is 2.25 bits per heavy atom. The van der Waals surface area contributed by atoms with Gasteiger partial charge in [0, 0.05) is 41.7 Å². The number of nitrogens with zero attached hydrogens (tertiary/aromatic N) is 2. The number of nitrogens with one attached hydrogen (secondary N) is 1. The summed E-state index contributed by atoms with van der Waals surface area (Å²) in [5.74, 6) is -0.539. The van der Waals surface area contributed by atoms with Crippen LogP contribution in [-0.4, -0.2) is 50.5 Å². The molecular formula is C26H35Cl2N3O4S. The molecule has 2 aromatic carbocycles. The maximum absolute atomic E-state index is 13.5. The number of hydrogen-bond acceptors (Lipinski definition) is 4. The predicted molar refractivity (Wildman–Crippen MR) is 147 cm³/mol. The monoisotopic (exact) mass is 555 g/mol. The smallest absolute Gasteiger partial charge is 0.242 e. The van der Waals surface area contributed by atoms with E-state index in [2.05, 4.69) is 5.32 Å². The molecule has 1 N–H and O–H groups in total. The number of amides is 2. The highest BCUT2D eigenvalue weighted by Gasteiger charge is 2.29. The molecule has 2 rings (SSSR count). The lowest BCUT2D eigenvalue weighted by Gasteiger charge is -2.31. The zero-order valence-corrected chi connectivity index (χ0v) is 23.8. The number of likely N-dealkylation sites (N-methyl/N-ethyl adjacent to an activating group) is 1. The van der Waals surface area contributed by atoms with Gasteiger partial charge in [-0.3, -0.25) is 13.9 Å². The molecule has 0 aliphatic rings. The molecule has 0 saturated heterocycles. The van der Waals surface area contributed by atoms with Crippen LogP contribution >= 0.6 is 23.2 Å². The normalized spacial score (nSPS) is 12.2. The van der Waals surface area contributed by atoms with Crippen molar-refractivity contribution in [1.29, 1.82) is 0 Å². The molecule has 7 nitrogen and oxygen atoms in total. The van der Waals surface area contributed by atoms with E-state index in [0.29, 0.717) is 34.3 Å². The molecule has 0 spiro atoms. The van der Waals surface area contributed by atoms with Crippen LogP contribution in [-0.2, 0) is 26.2 Å². The van der Waals surface area contributed by atoms with Crippen molar-refractivity contribution in [1.82, 2.24) is 10.2 Å². The SMILES string of the molecule is CCNC(=O)[C@@H](CC)N(Cc1c(Cl)cccc1Cl)C(=O)CCCN(c1cc(C)ccc1C)S(C)(=O)=O. The highest BCUT2D eigenvalue weighted by atomic mass is 35.5. The van der Waals surface area contributed by atoms with Gasteiger partial charge in [0.1, 0.15) is 6.04 Å². The highest BCUT2D eigenvalue weighted by molar-refractivity contribution is 7.92. The van der Waals surface area contributed by atoms with Crippen LogP contribution in [0, 0.1) is 13.8 Å². The van der Waals surface area contributed by atoms with E-state index in [1.165, 1.54) is 9.21 Å². The van der Waals surface area contributed by atoms with Crippen molar-refractivity contribution < 1.29 is 18.0 Å². The van der Waals surface area contributed by atoms with E-state index in [-0.39, 0.29) is 37.7 Å². The standard InChI is InChI=1S/C26H35Cl2N3O4S/c1-6-23(26(33)29-7-2)30(17-20-21(27)10-8-11-22(20)28)25(32)12-9-15-31(36(5,34)35)24-16-18(3)13-14-19(24)4/h8,10-11,13-14,16,23H,6-7,9,12,15,17H2,1-5H3,(H,29,33)/t23-/m1/s1. The molecule has 0 saturated carbocycles. The van der Waals surface area contributed by atoms with Gasteiger partial charge in [-0.25, -0.2) is 8.42 Å². The van der Waals surface area contributed by atoms with Crippen molar-refractivity contribution in [2.45, 2.75) is 59.5 Å². The second-order valence-corrected chi connectivity index (χ2v) is 11.5. The molecule has 0 aromatic heterocycles. The second-order valence-electron chi connectivity index (χ2n) is 8.77. The van der Waals surface area contributed by atoms with Crippen LogP contribution in [0.4, 0.5) is 5.69 Å². The van der Waals surface area contributed by atoms with Gasteiger partial charge in [0.25, 0.3) is 0 Å². The molecule has 0 aliphatic carbocycles. The average Bonchev–Trinajstić information content (AvgIpc) is 2.79. The largest absolute Gasteiger partial charge is 0.355 e. The summed E-state index contributed by atoms with van der Waals surface area (Å²) in [6, 6.07) is 10.0. The van der Waals surface area contributed by atoms with Gasteiger partial charge in [-0.05, 0) is 62.9 Å². The van der Waals surface area contributed by atoms with E-state index in [0.717, 1.165) is 17.4 Å². The predicted octanol–water partition coefficient (Wildman–Crippen LogP) is 5.10. The van der Waals surface area contributed by atoms with Gasteiger partial charge in [-0.1, -0.05) is 48.3 Å². The van der Waals surface area contributed by atoms with Crippen molar-refractivity contribution in [3.63, 3.8) is 0 Å². The second kappa shape index (κ2) is 13.3. The Bertz CT molecular complexity index is 1170. The van der Waals surface area contributed by atoms with E-state index in [1.807, 2.05) is 45.9 Å². The van der Waals surface area contributed by atoms with Crippen molar-refractivity contribution in [2.24, 2.45) is 0 Å². The van der Waals surface area contributed by atoms with E-state index in [1.54, 1.807) is 18.2 Å². The Labute approximate surface area is 224 Å². The van der Waals surface area contributed by atoms with Crippen LogP contribution in [0.1, 0.15) is 49.8 Å². The summed E-state index contributed by atoms with van der Waals surface area (Å²) in [7, 11) is -3.57. The summed E-state index contributed by atoms with van der Waals surface area (Å²) >= 11 is 12.7. The zero-order chi connectivity index (χ0) is 27.0. The van der Waals surface area contributed by atoms with Crippen LogP contribution in [0.2, 0.25) is 10.0 Å². The lowest BCUT2D eigenvalue weighted by Crippen LogP contribution is -2.49. The molecule has 1 atom stereocenters. The molecule has 0 fully saturated rings. The molecular weight excluding hydrogens is 521 g/mol. The number of carbonyl (C=O) groups is 2. The van der Waals surface area contributed by atoms with Gasteiger partial charge in [0.15, 0.2) is 0 Å². The number of aryl methyl sites for hydroxylation is 2. The summed E-state index contributed by atoms with van der Waals surface area (Å²) in [6.07, 6.45) is 1.88. The first-order valence-corrected chi connectivity index (χ1v) is 14.6. The number of rotatable bonds is 12. The van der Waals surface area contributed by atoms with E-state index < -0.39 is 16.1 Å². The molecule has 2 amide bonds. The molecule has 0 aliphatic heterocycles. The van der Waals surface area contributed by atoms with Crippen LogP contribution in [0.3, 0.4) is 0 Å². The maximum Gasteiger partial charge on any atom is 0.242 e. The number of hydrogen-bond donors (Lipinski definition) is 1. The number of carbonyl (C=O) groups excluding carboxylic acids is 2. The first-order valence-electron chi connectivity index (χ1n) is 12.0. The Morgan fingerprint density at radius 1 is 1.06 bits per heavy atom. The number of benzene rings is 2. The molecule has 10 heteroatoms. The van der Waals surface area contributed by atoms with Gasteiger partial charge in [-0.15, -0.1) is 0 Å². The fourth-order valence-electron chi connectivity index (χ4n) is 4.04. The van der Waals surface area contributed by atoms with Gasteiger partial charge in [0.05, 0.1) is 11.9 Å². The van der Waals surface area contributed by atoms with Crippen molar-refractivity contribution in [3.05, 3.63) is 63.1 Å². The summed E-state index contributed by atoms with van der Waals surface area (Å²) in [5, 5.41) is 3.60. The third-order valence-corrected chi connectivity index (χ3v) is 7.80. The van der Waals surface area contributed by atoms with Crippen LogP contribution < -0.4 is 9.62 Å². The van der Waals surface area contributed by atoms with Crippen LogP contribution in [0.15, 0.2) is 36.4 Å². The van der Waals surface area contributed by atoms with E-state index in [4.69, 9.17) is 23.2 Å². The lowest BCUT2D eigenvalue weighted by atomic mass is 10.1. The third-order valence-electron chi connectivity index (χ3n) is 5.91. The fourth-order valence-corrected chi connectivity index (χ4v) is 5.57. The molecule has 0 bridgehead atoms. The molecule has 0 heterocycles. The Morgan fingerprint density at radius 2 is 1.69 bits per heavy atom. The topological polar surface area (TPSA) is 86.8 Å². The van der Waals surface area contributed by atoms with Gasteiger partial charge >= 0.3 is 0 Å².